The van der Waals surface area contributed by atoms with E-state index in [0.717, 1.165) is 11.8 Å². The molecule has 0 aromatic heterocycles. The molecule has 1 rings (SSSR count). The van der Waals surface area contributed by atoms with Crippen molar-refractivity contribution in [1.82, 2.24) is 0 Å². The monoisotopic (exact) mass is 394 g/mol. The second-order valence-corrected chi connectivity index (χ2v) is 7.94. The minimum Gasteiger partial charge on any atom is -0.478 e. The number of benzene rings is 1. The van der Waals surface area contributed by atoms with Gasteiger partial charge in [-0.2, -0.15) is 0 Å². The van der Waals surface area contributed by atoms with Crippen molar-refractivity contribution in [1.29, 1.82) is 0 Å². The molecule has 0 saturated carbocycles. The van der Waals surface area contributed by atoms with Gasteiger partial charge in [0.1, 0.15) is 0 Å². The first-order chi connectivity index (χ1) is 13.2. The average Bonchev–Trinajstić information content (AvgIpc) is 2.62. The van der Waals surface area contributed by atoms with Crippen LogP contribution in [0.4, 0.5) is 0 Å². The minimum absolute atomic E-state index is 0.190. The Morgan fingerprint density at radius 1 is 0.714 bits per heavy atom. The molecule has 0 aliphatic rings. The van der Waals surface area contributed by atoms with Crippen molar-refractivity contribution in [3.8, 4) is 0 Å². The topological polar surface area (TPSA) is 74.6 Å². The lowest BCUT2D eigenvalue weighted by atomic mass is 10.1. The molecular formula is C24H42O4. The number of aromatic carboxylic acids is 2. The Morgan fingerprint density at radius 2 is 1.04 bits per heavy atom. The normalized spacial score (nSPS) is 10.0. The molecule has 0 unspecified atom stereocenters. The van der Waals surface area contributed by atoms with Gasteiger partial charge in [0.15, 0.2) is 0 Å². The van der Waals surface area contributed by atoms with Crippen LogP contribution in [-0.4, -0.2) is 22.2 Å². The van der Waals surface area contributed by atoms with Gasteiger partial charge in [-0.3, -0.25) is 0 Å². The van der Waals surface area contributed by atoms with Crippen molar-refractivity contribution in [3.63, 3.8) is 0 Å². The maximum absolute atomic E-state index is 10.5. The second-order valence-electron chi connectivity index (χ2n) is 7.94. The highest BCUT2D eigenvalue weighted by molar-refractivity contribution is 6.01. The van der Waals surface area contributed by atoms with Crippen molar-refractivity contribution >= 4 is 11.9 Å². The third-order valence-corrected chi connectivity index (χ3v) is 4.16. The van der Waals surface area contributed by atoms with Gasteiger partial charge in [0.25, 0.3) is 0 Å². The van der Waals surface area contributed by atoms with Gasteiger partial charge >= 0.3 is 11.9 Å². The lowest BCUT2D eigenvalue weighted by Gasteiger charge is -2.00. The van der Waals surface area contributed by atoms with Gasteiger partial charge in [-0.05, 0) is 24.0 Å². The second kappa shape index (κ2) is 18.5. The van der Waals surface area contributed by atoms with E-state index in [4.69, 9.17) is 10.2 Å². The van der Waals surface area contributed by atoms with Crippen LogP contribution in [0.2, 0.25) is 0 Å². The first-order valence-electron chi connectivity index (χ1n) is 10.7. The van der Waals surface area contributed by atoms with Crippen LogP contribution in [-0.2, 0) is 0 Å². The summed E-state index contributed by atoms with van der Waals surface area (Å²) in [5.41, 5.74) is -0.380. The van der Waals surface area contributed by atoms with E-state index in [9.17, 15) is 9.59 Å². The molecule has 0 atom stereocenters. The summed E-state index contributed by atoms with van der Waals surface area (Å²) in [5.74, 6) is -0.649. The molecule has 0 aliphatic carbocycles. The quantitative estimate of drug-likeness (QED) is 0.402. The SMILES string of the molecule is CCCCCC(C)C.CCCCCC(C)C.O=C(O)c1ccccc1C(=O)O. The maximum atomic E-state index is 10.5. The van der Waals surface area contributed by atoms with E-state index >= 15 is 0 Å². The molecule has 1 aromatic carbocycles. The summed E-state index contributed by atoms with van der Waals surface area (Å²) >= 11 is 0. The molecule has 0 saturated heterocycles. The highest BCUT2D eigenvalue weighted by atomic mass is 16.4. The van der Waals surface area contributed by atoms with Crippen LogP contribution in [0.3, 0.4) is 0 Å². The predicted octanol–water partition coefficient (Wildman–Crippen LogP) is 7.53. The lowest BCUT2D eigenvalue weighted by Crippen LogP contribution is -2.06. The third kappa shape index (κ3) is 17.6. The van der Waals surface area contributed by atoms with E-state index in [2.05, 4.69) is 41.5 Å². The summed E-state index contributed by atoms with van der Waals surface area (Å²) in [4.78, 5) is 20.9. The van der Waals surface area contributed by atoms with E-state index in [0.29, 0.717) is 0 Å². The number of hydrogen-bond acceptors (Lipinski definition) is 2. The first-order valence-corrected chi connectivity index (χ1v) is 10.7. The molecule has 1 aromatic rings. The largest absolute Gasteiger partial charge is 0.478 e. The number of carbonyl (C=O) groups is 2. The minimum atomic E-state index is -1.23. The number of carboxylic acid groups (broad SMARTS) is 2. The third-order valence-electron chi connectivity index (χ3n) is 4.16. The van der Waals surface area contributed by atoms with Crippen LogP contribution in [0.25, 0.3) is 0 Å². The zero-order valence-electron chi connectivity index (χ0n) is 18.8. The molecule has 0 fully saturated rings. The molecule has 28 heavy (non-hydrogen) atoms. The summed E-state index contributed by atoms with van der Waals surface area (Å²) in [6, 6.07) is 5.48. The van der Waals surface area contributed by atoms with Crippen molar-refractivity contribution in [2.75, 3.05) is 0 Å². The molecule has 2 N–H and O–H groups in total. The first kappa shape index (κ1) is 28.4. The zero-order valence-corrected chi connectivity index (χ0v) is 18.8. The van der Waals surface area contributed by atoms with Crippen LogP contribution < -0.4 is 0 Å². The number of hydrogen-bond donors (Lipinski definition) is 2. The van der Waals surface area contributed by atoms with Crippen LogP contribution in [0.1, 0.15) is 114 Å². The molecule has 0 bridgehead atoms. The molecule has 4 nitrogen and oxygen atoms in total. The molecule has 0 heterocycles. The molecule has 0 amide bonds. The Balaban J connectivity index is 0. The van der Waals surface area contributed by atoms with Crippen molar-refractivity contribution in [3.05, 3.63) is 35.4 Å². The summed E-state index contributed by atoms with van der Waals surface area (Å²) in [6.45, 7) is 13.7. The molecule has 0 spiro atoms. The fourth-order valence-corrected chi connectivity index (χ4v) is 2.46. The Labute approximate surface area is 172 Å². The van der Waals surface area contributed by atoms with Gasteiger partial charge < -0.3 is 10.2 Å². The van der Waals surface area contributed by atoms with E-state index in [-0.39, 0.29) is 11.1 Å². The summed E-state index contributed by atoms with van der Waals surface area (Å²) < 4.78 is 0. The number of rotatable bonds is 10. The van der Waals surface area contributed by atoms with Crippen molar-refractivity contribution in [2.45, 2.75) is 92.9 Å². The van der Waals surface area contributed by atoms with Gasteiger partial charge in [0.2, 0.25) is 0 Å². The van der Waals surface area contributed by atoms with Gasteiger partial charge in [-0.25, -0.2) is 9.59 Å². The lowest BCUT2D eigenvalue weighted by molar-refractivity contribution is 0.0651. The van der Waals surface area contributed by atoms with Crippen LogP contribution in [0.15, 0.2) is 24.3 Å². The Morgan fingerprint density at radius 3 is 1.25 bits per heavy atom. The molecule has 0 aliphatic heterocycles. The molecule has 162 valence electrons. The van der Waals surface area contributed by atoms with Gasteiger partial charge in [0, 0.05) is 0 Å². The summed E-state index contributed by atoms with van der Waals surface area (Å²) in [5, 5.41) is 17.1. The van der Waals surface area contributed by atoms with E-state index in [1.165, 1.54) is 75.6 Å². The maximum Gasteiger partial charge on any atom is 0.336 e. The summed E-state index contributed by atoms with van der Waals surface area (Å²) in [6.07, 6.45) is 11.2. The van der Waals surface area contributed by atoms with Gasteiger partial charge in [0.05, 0.1) is 11.1 Å². The fraction of sp³-hybridized carbons (Fsp3) is 0.667. The van der Waals surface area contributed by atoms with Crippen molar-refractivity contribution < 1.29 is 19.8 Å². The van der Waals surface area contributed by atoms with Crippen LogP contribution in [0.5, 0.6) is 0 Å². The highest BCUT2D eigenvalue weighted by Gasteiger charge is 2.13. The smallest absolute Gasteiger partial charge is 0.336 e. The standard InChI is InChI=1S/C8H6O4.2C8H18/c9-7(10)5-3-1-2-4-6(5)8(11)12;2*1-4-5-6-7-8(2)3/h1-4H,(H,9,10)(H,11,12);2*8H,4-7H2,1-3H3. The van der Waals surface area contributed by atoms with Crippen molar-refractivity contribution in [2.24, 2.45) is 11.8 Å². The number of unbranched alkanes of at least 4 members (excludes halogenated alkanes) is 4. The van der Waals surface area contributed by atoms with Crippen LogP contribution >= 0.6 is 0 Å². The highest BCUT2D eigenvalue weighted by Crippen LogP contribution is 2.08. The Bertz CT molecular complexity index is 474. The molecule has 4 heteroatoms. The summed E-state index contributed by atoms with van der Waals surface area (Å²) in [7, 11) is 0. The van der Waals surface area contributed by atoms with E-state index in [1.54, 1.807) is 0 Å². The molecule has 0 radical (unpaired) electrons. The van der Waals surface area contributed by atoms with Gasteiger partial charge in [-0.1, -0.05) is 105 Å². The van der Waals surface area contributed by atoms with Gasteiger partial charge in [-0.15, -0.1) is 0 Å². The Kier molecular flexibility index (Phi) is 18.8. The predicted molar refractivity (Wildman–Crippen MR) is 118 cm³/mol. The Hall–Kier alpha value is -1.84. The fourth-order valence-electron chi connectivity index (χ4n) is 2.46. The average molecular weight is 395 g/mol. The van der Waals surface area contributed by atoms with E-state index in [1.807, 2.05) is 0 Å². The number of carboxylic acids is 2. The van der Waals surface area contributed by atoms with Crippen LogP contribution in [0, 0.1) is 11.8 Å². The van der Waals surface area contributed by atoms with E-state index < -0.39 is 11.9 Å². The zero-order chi connectivity index (χ0) is 21.9. The molecular weight excluding hydrogens is 352 g/mol.